The van der Waals surface area contributed by atoms with Gasteiger partial charge in [-0.15, -0.1) is 0 Å². The van der Waals surface area contributed by atoms with E-state index < -0.39 is 6.10 Å². The lowest BCUT2D eigenvalue weighted by Crippen LogP contribution is -2.26. The third-order valence-electron chi connectivity index (χ3n) is 2.96. The van der Waals surface area contributed by atoms with Crippen LogP contribution in [0.25, 0.3) is 0 Å². The zero-order valence-electron chi connectivity index (χ0n) is 9.87. The molecule has 1 saturated heterocycles. The lowest BCUT2D eigenvalue weighted by atomic mass is 10.2. The van der Waals surface area contributed by atoms with E-state index in [2.05, 4.69) is 5.32 Å². The fourth-order valence-electron chi connectivity index (χ4n) is 1.83. The molecular weight excluding hydrogens is 220 g/mol. The Hall–Kier alpha value is -1.80. The van der Waals surface area contributed by atoms with E-state index in [9.17, 15) is 4.79 Å². The highest BCUT2D eigenvalue weighted by atomic mass is 16.5. The van der Waals surface area contributed by atoms with Crippen molar-refractivity contribution in [3.8, 4) is 6.07 Å². The number of nitrogens with zero attached hydrogens (tertiary/aromatic N) is 1. The minimum absolute atomic E-state index is 0.225. The first kappa shape index (κ1) is 11.7. The van der Waals surface area contributed by atoms with Crippen molar-refractivity contribution in [2.24, 2.45) is 0 Å². The lowest BCUT2D eigenvalue weighted by molar-refractivity contribution is -0.124. The fourth-order valence-corrected chi connectivity index (χ4v) is 1.83. The molecule has 0 spiro atoms. The molecule has 1 aromatic rings. The van der Waals surface area contributed by atoms with E-state index in [0.29, 0.717) is 24.4 Å². The molecule has 5 nitrogen and oxygen atoms in total. The number of aryl methyl sites for hydroxylation is 1. The van der Waals surface area contributed by atoms with Crippen molar-refractivity contribution in [2.75, 3.05) is 11.9 Å². The monoisotopic (exact) mass is 234 g/mol. The number of rotatable bonds is 2. The number of anilines is 1. The van der Waals surface area contributed by atoms with E-state index in [1.807, 2.05) is 6.07 Å². The first-order valence-corrected chi connectivity index (χ1v) is 5.56. The lowest BCUT2D eigenvalue weighted by Gasteiger charge is -2.08. The molecular formula is C12H14N2O3. The van der Waals surface area contributed by atoms with Crippen molar-refractivity contribution < 1.29 is 13.9 Å². The zero-order chi connectivity index (χ0) is 12.4. The highest BCUT2D eigenvalue weighted by molar-refractivity contribution is 5.94. The van der Waals surface area contributed by atoms with Gasteiger partial charge in [0.1, 0.15) is 23.5 Å². The summed E-state index contributed by atoms with van der Waals surface area (Å²) in [5.41, 5.74) is 1.14. The second-order valence-electron chi connectivity index (χ2n) is 4.09. The highest BCUT2D eigenvalue weighted by Gasteiger charge is 2.26. The average Bonchev–Trinajstić information content (AvgIpc) is 2.89. The normalized spacial score (nSPS) is 19.0. The molecule has 0 aliphatic carbocycles. The summed E-state index contributed by atoms with van der Waals surface area (Å²) in [5.74, 6) is 0.625. The average molecular weight is 234 g/mol. The Morgan fingerprint density at radius 2 is 2.29 bits per heavy atom. The molecule has 5 heteroatoms. The van der Waals surface area contributed by atoms with E-state index in [-0.39, 0.29) is 11.8 Å². The van der Waals surface area contributed by atoms with Crippen molar-refractivity contribution >= 4 is 11.8 Å². The van der Waals surface area contributed by atoms with Crippen LogP contribution in [-0.4, -0.2) is 18.6 Å². The molecule has 1 atom stereocenters. The van der Waals surface area contributed by atoms with Crippen LogP contribution in [0.1, 0.15) is 29.7 Å². The van der Waals surface area contributed by atoms with Gasteiger partial charge in [0.25, 0.3) is 5.91 Å². The Morgan fingerprint density at radius 3 is 2.88 bits per heavy atom. The van der Waals surface area contributed by atoms with Crippen molar-refractivity contribution in [3.05, 3.63) is 16.9 Å². The number of carbonyl (C=O) groups is 1. The molecule has 0 saturated carbocycles. The molecule has 1 fully saturated rings. The van der Waals surface area contributed by atoms with Gasteiger partial charge < -0.3 is 9.15 Å². The number of furan rings is 1. The minimum atomic E-state index is -0.424. The molecule has 0 bridgehead atoms. The van der Waals surface area contributed by atoms with Gasteiger partial charge in [0.05, 0.1) is 0 Å². The van der Waals surface area contributed by atoms with Crippen LogP contribution in [0.4, 0.5) is 5.88 Å². The predicted molar refractivity (Wildman–Crippen MR) is 60.5 cm³/mol. The number of ether oxygens (including phenoxy) is 1. The van der Waals surface area contributed by atoms with Crippen LogP contribution in [-0.2, 0) is 9.53 Å². The summed E-state index contributed by atoms with van der Waals surface area (Å²) >= 11 is 0. The van der Waals surface area contributed by atoms with Gasteiger partial charge >= 0.3 is 0 Å². The molecule has 1 aromatic heterocycles. The van der Waals surface area contributed by atoms with E-state index in [1.54, 1.807) is 13.8 Å². The van der Waals surface area contributed by atoms with E-state index in [0.717, 1.165) is 12.0 Å². The molecule has 1 N–H and O–H groups in total. The molecule has 0 aromatic carbocycles. The summed E-state index contributed by atoms with van der Waals surface area (Å²) in [6.07, 6.45) is 1.18. The maximum Gasteiger partial charge on any atom is 0.255 e. The summed E-state index contributed by atoms with van der Waals surface area (Å²) in [7, 11) is 0. The van der Waals surface area contributed by atoms with Gasteiger partial charge in [-0.05, 0) is 26.7 Å². The summed E-state index contributed by atoms with van der Waals surface area (Å²) < 4.78 is 10.6. The van der Waals surface area contributed by atoms with Gasteiger partial charge in [-0.2, -0.15) is 5.26 Å². The second kappa shape index (κ2) is 4.60. The molecule has 90 valence electrons. The number of hydrogen-bond acceptors (Lipinski definition) is 4. The van der Waals surface area contributed by atoms with Crippen molar-refractivity contribution in [3.63, 3.8) is 0 Å². The van der Waals surface area contributed by atoms with Gasteiger partial charge in [0.2, 0.25) is 5.88 Å². The molecule has 2 heterocycles. The number of amides is 1. The standard InChI is InChI=1S/C12H14N2O3/c1-7-8(2)17-12(9(7)6-13)14-11(15)10-4-3-5-16-10/h10H,3-5H2,1-2H3,(H,14,15). The molecule has 1 aliphatic rings. The van der Waals surface area contributed by atoms with Crippen LogP contribution in [0.3, 0.4) is 0 Å². The van der Waals surface area contributed by atoms with Gasteiger partial charge in [0, 0.05) is 12.2 Å². The number of carbonyl (C=O) groups excluding carboxylic acids is 1. The van der Waals surface area contributed by atoms with Crippen molar-refractivity contribution in [2.45, 2.75) is 32.8 Å². The number of nitrogens with one attached hydrogen (secondary N) is 1. The summed E-state index contributed by atoms with van der Waals surface area (Å²) in [5, 5.41) is 11.6. The molecule has 1 unspecified atom stereocenters. The number of nitriles is 1. The van der Waals surface area contributed by atoms with Crippen LogP contribution in [0.15, 0.2) is 4.42 Å². The Bertz CT molecular complexity index is 479. The maximum absolute atomic E-state index is 11.8. The topological polar surface area (TPSA) is 75.3 Å². The van der Waals surface area contributed by atoms with Gasteiger partial charge in [-0.3, -0.25) is 10.1 Å². The van der Waals surface area contributed by atoms with E-state index in [4.69, 9.17) is 14.4 Å². The van der Waals surface area contributed by atoms with Crippen molar-refractivity contribution in [1.82, 2.24) is 0 Å². The molecule has 17 heavy (non-hydrogen) atoms. The van der Waals surface area contributed by atoms with E-state index in [1.165, 1.54) is 0 Å². The predicted octanol–water partition coefficient (Wildman–Crippen LogP) is 1.89. The first-order chi connectivity index (χ1) is 8.13. The summed E-state index contributed by atoms with van der Waals surface area (Å²) in [4.78, 5) is 11.8. The Labute approximate surface area is 99.4 Å². The largest absolute Gasteiger partial charge is 0.444 e. The zero-order valence-corrected chi connectivity index (χ0v) is 9.87. The second-order valence-corrected chi connectivity index (χ2v) is 4.09. The number of hydrogen-bond donors (Lipinski definition) is 1. The Balaban J connectivity index is 2.16. The third kappa shape index (κ3) is 2.17. The third-order valence-corrected chi connectivity index (χ3v) is 2.96. The van der Waals surface area contributed by atoms with Crippen molar-refractivity contribution in [1.29, 1.82) is 5.26 Å². The quantitative estimate of drug-likeness (QED) is 0.847. The van der Waals surface area contributed by atoms with Crippen LogP contribution >= 0.6 is 0 Å². The van der Waals surface area contributed by atoms with Crippen LogP contribution < -0.4 is 5.32 Å². The van der Waals surface area contributed by atoms with Crippen LogP contribution in [0, 0.1) is 25.2 Å². The summed E-state index contributed by atoms with van der Waals surface area (Å²) in [6, 6.07) is 2.03. The fraction of sp³-hybridized carbons (Fsp3) is 0.500. The highest BCUT2D eigenvalue weighted by Crippen LogP contribution is 2.26. The van der Waals surface area contributed by atoms with Crippen LogP contribution in [0.5, 0.6) is 0 Å². The first-order valence-electron chi connectivity index (χ1n) is 5.56. The molecule has 2 rings (SSSR count). The summed E-state index contributed by atoms with van der Waals surface area (Å²) in [6.45, 7) is 4.16. The maximum atomic E-state index is 11.8. The minimum Gasteiger partial charge on any atom is -0.444 e. The van der Waals surface area contributed by atoms with E-state index >= 15 is 0 Å². The molecule has 1 amide bonds. The SMILES string of the molecule is Cc1oc(NC(=O)C2CCCO2)c(C#N)c1C. The van der Waals surface area contributed by atoms with Gasteiger partial charge in [0.15, 0.2) is 0 Å². The van der Waals surface area contributed by atoms with Gasteiger partial charge in [-0.1, -0.05) is 0 Å². The smallest absolute Gasteiger partial charge is 0.255 e. The Morgan fingerprint density at radius 1 is 1.53 bits per heavy atom. The molecule has 0 radical (unpaired) electrons. The Kier molecular flexibility index (Phi) is 3.16. The van der Waals surface area contributed by atoms with Crippen LogP contribution in [0.2, 0.25) is 0 Å². The molecule has 1 aliphatic heterocycles. The van der Waals surface area contributed by atoms with Gasteiger partial charge in [-0.25, -0.2) is 0 Å².